The summed E-state index contributed by atoms with van der Waals surface area (Å²) in [5.74, 6) is -1.43. The van der Waals surface area contributed by atoms with E-state index in [9.17, 15) is 14.4 Å². The van der Waals surface area contributed by atoms with Crippen LogP contribution in [-0.4, -0.2) is 39.3 Å². The third-order valence-corrected chi connectivity index (χ3v) is 5.77. The molecule has 0 spiro atoms. The molecule has 0 atom stereocenters. The third kappa shape index (κ3) is 7.11. The number of aromatic nitrogens is 1. The zero-order valence-corrected chi connectivity index (χ0v) is 21.1. The number of nitrogens with zero attached hydrogens (tertiary/aromatic N) is 2. The van der Waals surface area contributed by atoms with E-state index in [0.717, 1.165) is 22.5 Å². The second-order valence-electron chi connectivity index (χ2n) is 7.64. The molecule has 0 saturated heterocycles. The van der Waals surface area contributed by atoms with Gasteiger partial charge < -0.3 is 14.9 Å². The number of hydrogen-bond donors (Lipinski definition) is 1. The highest BCUT2D eigenvalue weighted by molar-refractivity contribution is 7.14. The maximum atomic E-state index is 13.1. The van der Waals surface area contributed by atoms with Crippen molar-refractivity contribution in [3.63, 3.8) is 0 Å². The molecule has 0 fully saturated rings. The van der Waals surface area contributed by atoms with Gasteiger partial charge in [0, 0.05) is 5.38 Å². The van der Waals surface area contributed by atoms with Gasteiger partial charge >= 0.3 is 5.97 Å². The smallest absolute Gasteiger partial charge is 0.353 e. The zero-order valence-electron chi connectivity index (χ0n) is 18.7. The van der Waals surface area contributed by atoms with E-state index in [1.54, 1.807) is 0 Å². The molecule has 3 aromatic rings. The lowest BCUT2D eigenvalue weighted by Gasteiger charge is -2.25. The van der Waals surface area contributed by atoms with Gasteiger partial charge in [0.1, 0.15) is 11.6 Å². The summed E-state index contributed by atoms with van der Waals surface area (Å²) in [6.45, 7) is 2.91. The van der Waals surface area contributed by atoms with Crippen LogP contribution in [0.3, 0.4) is 0 Å². The fraction of sp³-hybridized carbons (Fsp3) is 0.208. The number of benzene rings is 2. The second kappa shape index (κ2) is 11.9. The van der Waals surface area contributed by atoms with Crippen LogP contribution in [-0.2, 0) is 24.0 Å². The van der Waals surface area contributed by atoms with Crippen molar-refractivity contribution >= 4 is 62.5 Å². The summed E-state index contributed by atoms with van der Waals surface area (Å²) in [6.07, 6.45) is -0.683. The van der Waals surface area contributed by atoms with E-state index >= 15 is 0 Å². The summed E-state index contributed by atoms with van der Waals surface area (Å²) in [6, 6.07) is 18.5. The third-order valence-electron chi connectivity index (χ3n) is 4.59. The summed E-state index contributed by atoms with van der Waals surface area (Å²) in [5, 5.41) is 6.95. The van der Waals surface area contributed by atoms with Crippen LogP contribution in [0.4, 0.5) is 5.13 Å². The molecule has 11 heteroatoms. The Morgan fingerprint density at radius 1 is 1.06 bits per heavy atom. The minimum Gasteiger partial charge on any atom is -0.450 e. The highest BCUT2D eigenvalue weighted by Crippen LogP contribution is 2.28. The standard InChI is InChI=1S/C24H21Cl2N3O5S/c1-24(2,34-29-19(21(26)31)17-14-35-23(27-17)28-18(30)13-25)22(32)33-20(15-9-5-3-6-10-15)16-11-7-4-8-12-16/h3-12,14,20H,13H2,1-2H3,(H,27,28,30)/b29-19-. The Bertz CT molecular complexity index is 1180. The summed E-state index contributed by atoms with van der Waals surface area (Å²) in [4.78, 5) is 46.0. The number of esters is 1. The Hall–Kier alpha value is -3.27. The molecular weight excluding hydrogens is 513 g/mol. The van der Waals surface area contributed by atoms with Crippen molar-refractivity contribution in [2.45, 2.75) is 25.6 Å². The van der Waals surface area contributed by atoms with E-state index in [2.05, 4.69) is 15.5 Å². The number of alkyl halides is 1. The van der Waals surface area contributed by atoms with Crippen molar-refractivity contribution in [3.8, 4) is 0 Å². The average Bonchev–Trinajstić information content (AvgIpc) is 3.30. The topological polar surface area (TPSA) is 107 Å². The fourth-order valence-electron chi connectivity index (χ4n) is 2.81. The number of carbonyl (C=O) groups is 3. The molecule has 0 aliphatic rings. The van der Waals surface area contributed by atoms with Crippen molar-refractivity contribution in [2.75, 3.05) is 11.2 Å². The van der Waals surface area contributed by atoms with E-state index in [1.165, 1.54) is 19.2 Å². The molecule has 1 heterocycles. The van der Waals surface area contributed by atoms with Gasteiger partial charge in [0.15, 0.2) is 16.9 Å². The molecule has 0 saturated carbocycles. The first kappa shape index (κ1) is 26.3. The maximum Gasteiger partial charge on any atom is 0.353 e. The number of rotatable bonds is 10. The summed E-state index contributed by atoms with van der Waals surface area (Å²) in [5.41, 5.74) is -0.298. The van der Waals surface area contributed by atoms with Gasteiger partial charge in [0.2, 0.25) is 11.5 Å². The van der Waals surface area contributed by atoms with Gasteiger partial charge in [-0.05, 0) is 36.6 Å². The van der Waals surface area contributed by atoms with Crippen LogP contribution in [0, 0.1) is 0 Å². The number of carbonyl (C=O) groups excluding carboxylic acids is 3. The van der Waals surface area contributed by atoms with Crippen molar-refractivity contribution in [1.82, 2.24) is 4.98 Å². The first-order valence-electron chi connectivity index (χ1n) is 10.3. The molecule has 0 radical (unpaired) electrons. The molecular formula is C24H21Cl2N3O5S. The lowest BCUT2D eigenvalue weighted by Crippen LogP contribution is -2.37. The summed E-state index contributed by atoms with van der Waals surface area (Å²) >= 11 is 12.2. The Morgan fingerprint density at radius 3 is 2.14 bits per heavy atom. The average molecular weight is 534 g/mol. The maximum absolute atomic E-state index is 13.1. The number of oxime groups is 1. The molecule has 2 aromatic carbocycles. The van der Waals surface area contributed by atoms with Crippen LogP contribution in [0.15, 0.2) is 71.2 Å². The SMILES string of the molecule is CC(C)(O/N=C(\C(=O)Cl)c1csc(NC(=O)CCl)n1)C(=O)OC(c1ccccc1)c1ccccc1. The van der Waals surface area contributed by atoms with E-state index in [0.29, 0.717) is 0 Å². The van der Waals surface area contributed by atoms with Gasteiger partial charge in [-0.25, -0.2) is 9.78 Å². The zero-order chi connectivity index (χ0) is 25.4. The van der Waals surface area contributed by atoms with E-state index < -0.39 is 28.8 Å². The lowest BCUT2D eigenvalue weighted by atomic mass is 10.0. The first-order chi connectivity index (χ1) is 16.7. The van der Waals surface area contributed by atoms with Gasteiger partial charge in [0.25, 0.3) is 5.24 Å². The number of amides is 1. The molecule has 1 amide bonds. The van der Waals surface area contributed by atoms with Crippen molar-refractivity contribution in [1.29, 1.82) is 0 Å². The van der Waals surface area contributed by atoms with Crippen molar-refractivity contribution in [3.05, 3.63) is 82.9 Å². The van der Waals surface area contributed by atoms with Gasteiger partial charge in [-0.15, -0.1) is 22.9 Å². The molecule has 0 bridgehead atoms. The molecule has 35 heavy (non-hydrogen) atoms. The molecule has 0 aliphatic carbocycles. The second-order valence-corrected chi connectivity index (χ2v) is 9.11. The largest absolute Gasteiger partial charge is 0.450 e. The number of ether oxygens (including phenoxy) is 1. The molecule has 1 N–H and O–H groups in total. The van der Waals surface area contributed by atoms with Gasteiger partial charge in [-0.2, -0.15) is 0 Å². The van der Waals surface area contributed by atoms with Crippen LogP contribution in [0.5, 0.6) is 0 Å². The van der Waals surface area contributed by atoms with Gasteiger partial charge in [0.05, 0.1) is 0 Å². The van der Waals surface area contributed by atoms with Gasteiger partial charge in [-0.3, -0.25) is 9.59 Å². The van der Waals surface area contributed by atoms with Crippen LogP contribution in [0.1, 0.15) is 36.8 Å². The van der Waals surface area contributed by atoms with Crippen molar-refractivity contribution in [2.24, 2.45) is 5.16 Å². The van der Waals surface area contributed by atoms with E-state index in [4.69, 9.17) is 32.8 Å². The van der Waals surface area contributed by atoms with Crippen LogP contribution >= 0.6 is 34.5 Å². The highest BCUT2D eigenvalue weighted by Gasteiger charge is 2.36. The molecule has 0 unspecified atom stereocenters. The monoisotopic (exact) mass is 533 g/mol. The number of nitrogens with one attached hydrogen (secondary N) is 1. The molecule has 182 valence electrons. The summed E-state index contributed by atoms with van der Waals surface area (Å²) in [7, 11) is 0. The Balaban J connectivity index is 1.80. The molecule has 3 rings (SSSR count). The van der Waals surface area contributed by atoms with Crippen LogP contribution in [0.2, 0.25) is 0 Å². The van der Waals surface area contributed by atoms with E-state index in [-0.39, 0.29) is 22.4 Å². The molecule has 1 aromatic heterocycles. The van der Waals surface area contributed by atoms with Crippen LogP contribution < -0.4 is 5.32 Å². The predicted molar refractivity (Wildman–Crippen MR) is 135 cm³/mol. The molecule has 8 nitrogen and oxygen atoms in total. The van der Waals surface area contributed by atoms with Crippen LogP contribution in [0.25, 0.3) is 0 Å². The van der Waals surface area contributed by atoms with Gasteiger partial charge in [-0.1, -0.05) is 65.8 Å². The Labute approximate surface area is 215 Å². The van der Waals surface area contributed by atoms with E-state index in [1.807, 2.05) is 60.7 Å². The Morgan fingerprint density at radius 2 is 1.63 bits per heavy atom. The quantitative estimate of drug-likeness (QED) is 0.130. The number of hydrogen-bond acceptors (Lipinski definition) is 8. The highest BCUT2D eigenvalue weighted by atomic mass is 35.5. The normalized spacial score (nSPS) is 11.7. The fourth-order valence-corrected chi connectivity index (χ4v) is 3.72. The number of thiazole rings is 1. The predicted octanol–water partition coefficient (Wildman–Crippen LogP) is 4.92. The minimum absolute atomic E-state index is 0.0653. The summed E-state index contributed by atoms with van der Waals surface area (Å²) < 4.78 is 5.82. The number of anilines is 1. The Kier molecular flexibility index (Phi) is 8.97. The lowest BCUT2D eigenvalue weighted by molar-refractivity contribution is -0.172. The van der Waals surface area contributed by atoms with Crippen molar-refractivity contribution < 1.29 is 24.0 Å². The molecule has 0 aliphatic heterocycles. The first-order valence-corrected chi connectivity index (χ1v) is 12.1. The number of halogens is 2. The minimum atomic E-state index is -1.58.